The van der Waals surface area contributed by atoms with Gasteiger partial charge < -0.3 is 9.64 Å². The van der Waals surface area contributed by atoms with Crippen LogP contribution in [0.3, 0.4) is 0 Å². The van der Waals surface area contributed by atoms with Gasteiger partial charge in [-0.25, -0.2) is 9.78 Å². The highest BCUT2D eigenvalue weighted by Crippen LogP contribution is 2.33. The van der Waals surface area contributed by atoms with Crippen molar-refractivity contribution in [2.24, 2.45) is 13.0 Å². The fourth-order valence-electron chi connectivity index (χ4n) is 3.90. The number of rotatable bonds is 3. The summed E-state index contributed by atoms with van der Waals surface area (Å²) in [6, 6.07) is 10.1. The minimum absolute atomic E-state index is 0.0571. The smallest absolute Gasteiger partial charge is 0.416 e. The largest absolute Gasteiger partial charge is 0.490 e. The molecule has 3 aromatic rings. The molecule has 0 N–H and O–H groups in total. The van der Waals surface area contributed by atoms with Crippen LogP contribution in [0.4, 0.5) is 19.0 Å². The summed E-state index contributed by atoms with van der Waals surface area (Å²) < 4.78 is 46.2. The van der Waals surface area contributed by atoms with Gasteiger partial charge in [0.15, 0.2) is 5.82 Å². The molecule has 0 aliphatic carbocycles. The van der Waals surface area contributed by atoms with E-state index in [2.05, 4.69) is 9.97 Å². The first-order chi connectivity index (χ1) is 15.2. The molecule has 0 spiro atoms. The number of hydrogen-bond donors (Lipinski definition) is 0. The zero-order valence-electron chi connectivity index (χ0n) is 17.4. The lowest BCUT2D eigenvalue weighted by atomic mass is 9.96. The van der Waals surface area contributed by atoms with E-state index in [9.17, 15) is 23.2 Å². The molecule has 2 atom stereocenters. The van der Waals surface area contributed by atoms with E-state index in [-0.39, 0.29) is 23.5 Å². The van der Waals surface area contributed by atoms with Crippen molar-refractivity contribution < 1.29 is 17.9 Å². The molecule has 7 nitrogen and oxygen atoms in total. The number of anilines is 1. The van der Waals surface area contributed by atoms with Crippen LogP contribution in [-0.2, 0) is 13.2 Å². The quantitative estimate of drug-likeness (QED) is 0.616. The second-order valence-corrected chi connectivity index (χ2v) is 7.85. The standard InChI is InChI=1S/C22H20F3N5O2/c1-13-12-30(9-8-18(13)32-16-5-3-4-14(10-16)22(23,24)25)20-19-17(29(2)21(31)28-20)7-6-15(11-26)27-19/h3-7,10,13,18H,8-9,12H2,1-2H3. The van der Waals surface area contributed by atoms with Gasteiger partial charge in [-0.15, -0.1) is 0 Å². The zero-order valence-corrected chi connectivity index (χ0v) is 17.4. The van der Waals surface area contributed by atoms with Crippen LogP contribution in [0.1, 0.15) is 24.6 Å². The maximum absolute atomic E-state index is 13.0. The highest BCUT2D eigenvalue weighted by Gasteiger charge is 2.33. The van der Waals surface area contributed by atoms with Crippen LogP contribution >= 0.6 is 0 Å². The number of nitrogens with zero attached hydrogens (tertiary/aromatic N) is 5. The summed E-state index contributed by atoms with van der Waals surface area (Å²) in [4.78, 5) is 22.8. The number of aromatic nitrogens is 3. The van der Waals surface area contributed by atoms with Gasteiger partial charge in [-0.3, -0.25) is 4.57 Å². The van der Waals surface area contributed by atoms with Crippen LogP contribution in [0.5, 0.6) is 5.75 Å². The molecular formula is C22H20F3N5O2. The van der Waals surface area contributed by atoms with E-state index < -0.39 is 17.4 Å². The summed E-state index contributed by atoms with van der Waals surface area (Å²) in [7, 11) is 1.59. The molecule has 1 aromatic carbocycles. The van der Waals surface area contributed by atoms with Crippen molar-refractivity contribution in [3.05, 3.63) is 58.1 Å². The summed E-state index contributed by atoms with van der Waals surface area (Å²) in [6.07, 6.45) is -4.21. The highest BCUT2D eigenvalue weighted by molar-refractivity contribution is 5.86. The van der Waals surface area contributed by atoms with Gasteiger partial charge in [0.05, 0.1) is 11.1 Å². The number of aryl methyl sites for hydroxylation is 1. The normalized spacial score (nSPS) is 19.1. The Morgan fingerprint density at radius 1 is 1.22 bits per heavy atom. The Bertz CT molecular complexity index is 1270. The molecule has 1 saturated heterocycles. The van der Waals surface area contributed by atoms with Gasteiger partial charge in [0.2, 0.25) is 0 Å². The Balaban J connectivity index is 1.58. The third-order valence-corrected chi connectivity index (χ3v) is 5.63. The average molecular weight is 443 g/mol. The molecule has 0 amide bonds. The second kappa shape index (κ2) is 8.15. The highest BCUT2D eigenvalue weighted by atomic mass is 19.4. The minimum atomic E-state index is -4.43. The first kappa shape index (κ1) is 21.6. The summed E-state index contributed by atoms with van der Waals surface area (Å²) in [6.45, 7) is 2.88. The van der Waals surface area contributed by atoms with Gasteiger partial charge in [-0.2, -0.15) is 23.4 Å². The molecule has 1 aliphatic rings. The van der Waals surface area contributed by atoms with Gasteiger partial charge in [-0.1, -0.05) is 13.0 Å². The molecule has 3 heterocycles. The Morgan fingerprint density at radius 3 is 2.69 bits per heavy atom. The van der Waals surface area contributed by atoms with E-state index in [0.717, 1.165) is 12.1 Å². The van der Waals surface area contributed by atoms with Gasteiger partial charge in [-0.05, 0) is 30.3 Å². The molecule has 1 aliphatic heterocycles. The molecule has 32 heavy (non-hydrogen) atoms. The van der Waals surface area contributed by atoms with Gasteiger partial charge in [0, 0.05) is 32.5 Å². The summed E-state index contributed by atoms with van der Waals surface area (Å²) >= 11 is 0. The molecule has 2 unspecified atom stereocenters. The van der Waals surface area contributed by atoms with Crippen LogP contribution in [-0.4, -0.2) is 33.7 Å². The van der Waals surface area contributed by atoms with Crippen molar-refractivity contribution in [2.45, 2.75) is 25.6 Å². The lowest BCUT2D eigenvalue weighted by molar-refractivity contribution is -0.137. The third kappa shape index (κ3) is 4.10. The summed E-state index contributed by atoms with van der Waals surface area (Å²) in [5.74, 6) is 0.505. The average Bonchev–Trinajstić information content (AvgIpc) is 2.77. The molecule has 0 saturated carbocycles. The predicted octanol–water partition coefficient (Wildman–Crippen LogP) is 3.51. The fraction of sp³-hybridized carbons (Fsp3) is 0.364. The Kier molecular flexibility index (Phi) is 5.50. The summed E-state index contributed by atoms with van der Waals surface area (Å²) in [5, 5.41) is 9.21. The Morgan fingerprint density at radius 2 is 2.00 bits per heavy atom. The molecular weight excluding hydrogens is 423 g/mol. The molecule has 0 bridgehead atoms. The van der Waals surface area contributed by atoms with Gasteiger partial charge in [0.25, 0.3) is 0 Å². The minimum Gasteiger partial charge on any atom is -0.490 e. The first-order valence-electron chi connectivity index (χ1n) is 10.0. The third-order valence-electron chi connectivity index (χ3n) is 5.63. The molecule has 1 fully saturated rings. The monoisotopic (exact) mass is 443 g/mol. The Labute approximate surface area is 181 Å². The molecule has 10 heteroatoms. The van der Waals surface area contributed by atoms with Crippen molar-refractivity contribution >= 4 is 16.9 Å². The van der Waals surface area contributed by atoms with E-state index in [4.69, 9.17) is 4.74 Å². The van der Waals surface area contributed by atoms with Crippen LogP contribution in [0, 0.1) is 17.2 Å². The van der Waals surface area contributed by atoms with E-state index in [1.54, 1.807) is 19.2 Å². The van der Waals surface area contributed by atoms with Crippen molar-refractivity contribution in [1.29, 1.82) is 5.26 Å². The lowest BCUT2D eigenvalue weighted by Gasteiger charge is -2.37. The van der Waals surface area contributed by atoms with E-state index >= 15 is 0 Å². The van der Waals surface area contributed by atoms with Crippen molar-refractivity contribution in [3.63, 3.8) is 0 Å². The van der Waals surface area contributed by atoms with Crippen LogP contribution in [0.15, 0.2) is 41.2 Å². The molecule has 4 rings (SSSR count). The molecule has 2 aromatic heterocycles. The van der Waals surface area contributed by atoms with Crippen LogP contribution in [0.25, 0.3) is 11.0 Å². The number of pyridine rings is 1. The van der Waals surface area contributed by atoms with Crippen molar-refractivity contribution in [2.75, 3.05) is 18.0 Å². The van der Waals surface area contributed by atoms with E-state index in [1.807, 2.05) is 17.9 Å². The maximum atomic E-state index is 13.0. The maximum Gasteiger partial charge on any atom is 0.416 e. The number of nitriles is 1. The predicted molar refractivity (Wildman–Crippen MR) is 111 cm³/mol. The number of ether oxygens (including phenoxy) is 1. The van der Waals surface area contributed by atoms with E-state index in [0.29, 0.717) is 36.4 Å². The van der Waals surface area contributed by atoms with E-state index in [1.165, 1.54) is 16.7 Å². The number of benzene rings is 1. The number of alkyl halides is 3. The second-order valence-electron chi connectivity index (χ2n) is 7.85. The number of halogens is 3. The van der Waals surface area contributed by atoms with Crippen molar-refractivity contribution in [3.8, 4) is 11.8 Å². The van der Waals surface area contributed by atoms with Crippen molar-refractivity contribution in [1.82, 2.24) is 14.5 Å². The zero-order chi connectivity index (χ0) is 23.0. The van der Waals surface area contributed by atoms with Gasteiger partial charge in [0.1, 0.15) is 29.1 Å². The SMILES string of the molecule is CC1CN(c2nc(=O)n(C)c3ccc(C#N)nc23)CCC1Oc1cccc(C(F)(F)F)c1. The Hall–Kier alpha value is -3.61. The molecule has 166 valence electrons. The number of piperidine rings is 1. The number of hydrogen-bond acceptors (Lipinski definition) is 6. The first-order valence-corrected chi connectivity index (χ1v) is 10.0. The van der Waals surface area contributed by atoms with Crippen LogP contribution in [0.2, 0.25) is 0 Å². The topological polar surface area (TPSA) is 84.0 Å². The van der Waals surface area contributed by atoms with Gasteiger partial charge >= 0.3 is 11.9 Å². The summed E-state index contributed by atoms with van der Waals surface area (Å²) in [5.41, 5.74) is 0.0452. The molecule has 0 radical (unpaired) electrons. The number of fused-ring (bicyclic) bond motifs is 1. The lowest BCUT2D eigenvalue weighted by Crippen LogP contribution is -2.45. The van der Waals surface area contributed by atoms with Crippen LogP contribution < -0.4 is 15.3 Å². The fourth-order valence-corrected chi connectivity index (χ4v) is 3.90.